The van der Waals surface area contributed by atoms with Gasteiger partial charge in [-0.25, -0.2) is 14.6 Å². The summed E-state index contributed by atoms with van der Waals surface area (Å²) >= 11 is 18.8. The first-order chi connectivity index (χ1) is 16.2. The van der Waals surface area contributed by atoms with E-state index in [1.807, 2.05) is 0 Å². The molecule has 1 heterocycles. The lowest BCUT2D eigenvalue weighted by molar-refractivity contribution is -0.129. The Hall–Kier alpha value is -2.65. The van der Waals surface area contributed by atoms with Gasteiger partial charge in [0.1, 0.15) is 5.75 Å². The van der Waals surface area contributed by atoms with Crippen LogP contribution in [0.15, 0.2) is 74.2 Å². The SMILES string of the molecule is COc1ccc(Cl)cc1C1=N/C(=C\c2cc(Br)cc(Br)c2OC(=O)c2ccc(Cl)cc2)C(=O)O1. The van der Waals surface area contributed by atoms with E-state index in [1.165, 1.54) is 13.2 Å². The average molecular weight is 626 g/mol. The molecule has 6 nitrogen and oxygen atoms in total. The van der Waals surface area contributed by atoms with Gasteiger partial charge in [-0.1, -0.05) is 39.1 Å². The highest BCUT2D eigenvalue weighted by molar-refractivity contribution is 9.11. The summed E-state index contributed by atoms with van der Waals surface area (Å²) in [6.45, 7) is 0. The molecule has 1 aliphatic rings. The Morgan fingerprint density at radius 2 is 1.74 bits per heavy atom. The van der Waals surface area contributed by atoms with Crippen molar-refractivity contribution in [1.29, 1.82) is 0 Å². The van der Waals surface area contributed by atoms with E-state index in [-0.39, 0.29) is 17.3 Å². The molecule has 3 aromatic carbocycles. The Morgan fingerprint density at radius 3 is 2.44 bits per heavy atom. The first kappa shape index (κ1) is 24.5. The van der Waals surface area contributed by atoms with Crippen LogP contribution in [0.4, 0.5) is 0 Å². The Kier molecular flexibility index (Phi) is 7.42. The molecule has 0 spiro atoms. The van der Waals surface area contributed by atoms with Crippen LogP contribution < -0.4 is 9.47 Å². The number of carbonyl (C=O) groups excluding carboxylic acids is 2. The van der Waals surface area contributed by atoms with Crippen LogP contribution in [0.5, 0.6) is 11.5 Å². The minimum Gasteiger partial charge on any atom is -0.496 e. The van der Waals surface area contributed by atoms with Gasteiger partial charge in [-0.15, -0.1) is 0 Å². The first-order valence-electron chi connectivity index (χ1n) is 9.58. The standard InChI is InChI=1S/C24H13Br2Cl2NO5/c1-32-20-7-6-16(28)11-17(20)22-29-19(24(31)34-22)9-13-8-14(25)10-18(26)21(13)33-23(30)12-2-4-15(27)5-3-12/h2-11H,1H3/b19-9-. The number of hydrogen-bond acceptors (Lipinski definition) is 6. The number of cyclic esters (lactones) is 1. The van der Waals surface area contributed by atoms with Gasteiger partial charge in [0, 0.05) is 20.1 Å². The molecule has 0 atom stereocenters. The fourth-order valence-electron chi connectivity index (χ4n) is 3.05. The summed E-state index contributed by atoms with van der Waals surface area (Å²) < 4.78 is 17.5. The predicted molar refractivity (Wildman–Crippen MR) is 137 cm³/mol. The fraction of sp³-hybridized carbons (Fsp3) is 0.0417. The highest BCUT2D eigenvalue weighted by atomic mass is 79.9. The van der Waals surface area contributed by atoms with Crippen LogP contribution >= 0.6 is 55.1 Å². The zero-order chi connectivity index (χ0) is 24.4. The molecular weight excluding hydrogens is 613 g/mol. The molecule has 3 aromatic rings. The van der Waals surface area contributed by atoms with Crippen LogP contribution in [0, 0.1) is 0 Å². The molecule has 1 aliphatic heterocycles. The van der Waals surface area contributed by atoms with Crippen LogP contribution in [0.25, 0.3) is 6.08 Å². The minimum atomic E-state index is -0.678. The Balaban J connectivity index is 1.72. The second-order valence-electron chi connectivity index (χ2n) is 6.88. The number of hydrogen-bond donors (Lipinski definition) is 0. The van der Waals surface area contributed by atoms with Crippen molar-refractivity contribution >= 4 is 79.0 Å². The molecule has 0 bridgehead atoms. The van der Waals surface area contributed by atoms with Crippen molar-refractivity contribution < 1.29 is 23.8 Å². The van der Waals surface area contributed by atoms with Crippen molar-refractivity contribution in [2.75, 3.05) is 7.11 Å². The zero-order valence-corrected chi connectivity index (χ0v) is 22.0. The molecule has 10 heteroatoms. The average Bonchev–Trinajstić information content (AvgIpc) is 3.16. The van der Waals surface area contributed by atoms with Crippen LogP contribution in [0.3, 0.4) is 0 Å². The van der Waals surface area contributed by atoms with E-state index in [1.54, 1.807) is 54.6 Å². The molecule has 0 saturated heterocycles. The molecule has 0 amide bonds. The molecule has 0 aromatic heterocycles. The van der Waals surface area contributed by atoms with Gasteiger partial charge in [0.05, 0.1) is 22.7 Å². The van der Waals surface area contributed by atoms with Crippen molar-refractivity contribution in [3.05, 3.63) is 96.0 Å². The number of nitrogens with zero attached hydrogens (tertiary/aromatic N) is 1. The number of ether oxygens (including phenoxy) is 3. The number of carbonyl (C=O) groups is 2. The number of methoxy groups -OCH3 is 1. The van der Waals surface area contributed by atoms with E-state index < -0.39 is 11.9 Å². The van der Waals surface area contributed by atoms with Gasteiger partial charge < -0.3 is 14.2 Å². The van der Waals surface area contributed by atoms with E-state index in [9.17, 15) is 9.59 Å². The van der Waals surface area contributed by atoms with Gasteiger partial charge in [-0.05, 0) is 76.6 Å². The van der Waals surface area contributed by atoms with E-state index >= 15 is 0 Å². The summed E-state index contributed by atoms with van der Waals surface area (Å²) in [5.41, 5.74) is 1.16. The van der Waals surface area contributed by atoms with Crippen molar-refractivity contribution in [2.24, 2.45) is 4.99 Å². The van der Waals surface area contributed by atoms with Crippen molar-refractivity contribution in [1.82, 2.24) is 0 Å². The van der Waals surface area contributed by atoms with E-state index in [0.29, 0.717) is 41.4 Å². The molecular formula is C24H13Br2Cl2NO5. The number of rotatable bonds is 5. The second-order valence-corrected chi connectivity index (χ2v) is 9.53. The smallest absolute Gasteiger partial charge is 0.363 e. The fourth-order valence-corrected chi connectivity index (χ4v) is 4.69. The maximum atomic E-state index is 12.7. The third-order valence-corrected chi connectivity index (χ3v) is 6.15. The molecule has 0 unspecified atom stereocenters. The Morgan fingerprint density at radius 1 is 1.03 bits per heavy atom. The maximum absolute atomic E-state index is 12.7. The van der Waals surface area contributed by atoms with Gasteiger partial charge in [0.15, 0.2) is 11.4 Å². The monoisotopic (exact) mass is 623 g/mol. The Labute approximate surface area is 221 Å². The van der Waals surface area contributed by atoms with Crippen LogP contribution in [-0.2, 0) is 9.53 Å². The van der Waals surface area contributed by atoms with Crippen LogP contribution in [0.1, 0.15) is 21.5 Å². The second kappa shape index (κ2) is 10.3. The highest BCUT2D eigenvalue weighted by Crippen LogP contribution is 2.36. The molecule has 4 rings (SSSR count). The third-order valence-electron chi connectivity index (χ3n) is 4.62. The zero-order valence-electron chi connectivity index (χ0n) is 17.3. The van der Waals surface area contributed by atoms with Gasteiger partial charge in [0.25, 0.3) is 0 Å². The minimum absolute atomic E-state index is 0.00539. The lowest BCUT2D eigenvalue weighted by Gasteiger charge is -2.11. The Bertz CT molecular complexity index is 1370. The van der Waals surface area contributed by atoms with Gasteiger partial charge in [-0.2, -0.15) is 0 Å². The quantitative estimate of drug-likeness (QED) is 0.172. The summed E-state index contributed by atoms with van der Waals surface area (Å²) in [6, 6.07) is 14.6. The molecule has 0 fully saturated rings. The number of halogens is 4. The van der Waals surface area contributed by atoms with Gasteiger partial charge >= 0.3 is 11.9 Å². The summed E-state index contributed by atoms with van der Waals surface area (Å²) in [7, 11) is 1.49. The largest absolute Gasteiger partial charge is 0.496 e. The summed E-state index contributed by atoms with van der Waals surface area (Å²) in [5, 5.41) is 0.927. The number of esters is 2. The highest BCUT2D eigenvalue weighted by Gasteiger charge is 2.27. The van der Waals surface area contributed by atoms with Crippen LogP contribution in [0.2, 0.25) is 10.0 Å². The number of benzene rings is 3. The van der Waals surface area contributed by atoms with Gasteiger partial charge in [-0.3, -0.25) is 0 Å². The molecule has 0 aliphatic carbocycles. The van der Waals surface area contributed by atoms with Crippen molar-refractivity contribution in [3.8, 4) is 11.5 Å². The summed E-state index contributed by atoms with van der Waals surface area (Å²) in [6.07, 6.45) is 1.46. The topological polar surface area (TPSA) is 74.2 Å². The lowest BCUT2D eigenvalue weighted by Crippen LogP contribution is -2.10. The molecule has 0 radical (unpaired) electrons. The first-order valence-corrected chi connectivity index (χ1v) is 11.9. The van der Waals surface area contributed by atoms with Crippen molar-refractivity contribution in [3.63, 3.8) is 0 Å². The third kappa shape index (κ3) is 5.36. The molecule has 34 heavy (non-hydrogen) atoms. The summed E-state index contributed by atoms with van der Waals surface area (Å²) in [4.78, 5) is 29.6. The molecule has 0 N–H and O–H groups in total. The van der Waals surface area contributed by atoms with Crippen molar-refractivity contribution in [2.45, 2.75) is 0 Å². The predicted octanol–water partition coefficient (Wildman–Crippen LogP) is 7.09. The molecule has 0 saturated carbocycles. The van der Waals surface area contributed by atoms with Gasteiger partial charge in [0.2, 0.25) is 5.90 Å². The molecule has 172 valence electrons. The van der Waals surface area contributed by atoms with E-state index in [4.69, 9.17) is 37.4 Å². The normalized spacial score (nSPS) is 14.1. The van der Waals surface area contributed by atoms with E-state index in [2.05, 4.69) is 36.9 Å². The van der Waals surface area contributed by atoms with Crippen LogP contribution in [-0.4, -0.2) is 24.9 Å². The summed E-state index contributed by atoms with van der Waals surface area (Å²) in [5.74, 6) is -0.582. The number of aliphatic imine (C=N–C) groups is 1. The van der Waals surface area contributed by atoms with E-state index in [0.717, 1.165) is 0 Å². The maximum Gasteiger partial charge on any atom is 0.363 e. The lowest BCUT2D eigenvalue weighted by atomic mass is 10.1.